The minimum absolute atomic E-state index is 0.0219. The molecule has 2 aliphatic rings. The standard InChI is InChI=1S/C19H27N3O6S/c1-20-17(23)11-22-13-19(7-9-21(10-8-19)18(24)12-27-2)14-28-15-5-3-4-6-16(15)29(22,25)26/h3-6H,7-14H2,1-2H3,(H,20,23). The van der Waals surface area contributed by atoms with Crippen LogP contribution in [0.25, 0.3) is 0 Å². The molecule has 0 bridgehead atoms. The molecule has 0 unspecified atom stereocenters. The maximum atomic E-state index is 13.3. The van der Waals surface area contributed by atoms with Gasteiger partial charge in [0.1, 0.15) is 17.3 Å². The number of likely N-dealkylation sites (N-methyl/N-ethyl adjacent to an activating group) is 1. The van der Waals surface area contributed by atoms with Gasteiger partial charge in [0, 0.05) is 39.2 Å². The first-order valence-corrected chi connectivity index (χ1v) is 10.9. The van der Waals surface area contributed by atoms with E-state index in [0.29, 0.717) is 32.5 Å². The summed E-state index contributed by atoms with van der Waals surface area (Å²) < 4.78 is 38.7. The van der Waals surface area contributed by atoms with Crippen molar-refractivity contribution < 1.29 is 27.5 Å². The molecule has 0 aromatic heterocycles. The van der Waals surface area contributed by atoms with Gasteiger partial charge in [-0.05, 0) is 25.0 Å². The molecule has 9 nitrogen and oxygen atoms in total. The van der Waals surface area contributed by atoms with E-state index in [1.165, 1.54) is 24.5 Å². The number of methoxy groups -OCH3 is 1. The van der Waals surface area contributed by atoms with Gasteiger partial charge in [0.25, 0.3) is 0 Å². The lowest BCUT2D eigenvalue weighted by molar-refractivity contribution is -0.138. The fraction of sp³-hybridized carbons (Fsp3) is 0.579. The van der Waals surface area contributed by atoms with Crippen molar-refractivity contribution in [3.63, 3.8) is 0 Å². The molecule has 1 spiro atoms. The Morgan fingerprint density at radius 3 is 2.59 bits per heavy atom. The number of benzene rings is 1. The number of nitrogens with one attached hydrogen (secondary N) is 1. The van der Waals surface area contributed by atoms with E-state index >= 15 is 0 Å². The summed E-state index contributed by atoms with van der Waals surface area (Å²) in [4.78, 5) is 25.9. The van der Waals surface area contributed by atoms with Crippen molar-refractivity contribution in [1.29, 1.82) is 0 Å². The second-order valence-corrected chi connectivity index (χ2v) is 9.40. The minimum Gasteiger partial charge on any atom is -0.492 e. The Bertz CT molecular complexity index is 864. The summed E-state index contributed by atoms with van der Waals surface area (Å²) in [6.07, 6.45) is 1.15. The smallest absolute Gasteiger partial charge is 0.248 e. The third kappa shape index (κ3) is 4.54. The number of carbonyl (C=O) groups is 2. The normalized spacial score (nSPS) is 20.8. The van der Waals surface area contributed by atoms with E-state index in [-0.39, 0.29) is 42.2 Å². The summed E-state index contributed by atoms with van der Waals surface area (Å²) in [5.74, 6) is -0.184. The fourth-order valence-electron chi connectivity index (χ4n) is 3.78. The molecule has 1 saturated heterocycles. The minimum atomic E-state index is -3.91. The van der Waals surface area contributed by atoms with Crippen molar-refractivity contribution in [3.05, 3.63) is 24.3 Å². The molecule has 29 heavy (non-hydrogen) atoms. The van der Waals surface area contributed by atoms with Gasteiger partial charge < -0.3 is 19.7 Å². The van der Waals surface area contributed by atoms with Crippen LogP contribution >= 0.6 is 0 Å². The Kier molecular flexibility index (Phi) is 6.45. The van der Waals surface area contributed by atoms with Crippen LogP contribution in [0.3, 0.4) is 0 Å². The Balaban J connectivity index is 1.90. The first kappa shape index (κ1) is 21.5. The number of carbonyl (C=O) groups excluding carboxylic acids is 2. The number of piperidine rings is 1. The van der Waals surface area contributed by atoms with Gasteiger partial charge in [-0.2, -0.15) is 4.31 Å². The Morgan fingerprint density at radius 2 is 1.93 bits per heavy atom. The van der Waals surface area contributed by atoms with Gasteiger partial charge in [-0.3, -0.25) is 9.59 Å². The maximum absolute atomic E-state index is 13.3. The van der Waals surface area contributed by atoms with Gasteiger partial charge in [0.2, 0.25) is 21.8 Å². The van der Waals surface area contributed by atoms with Crippen LogP contribution in [-0.4, -0.2) is 83.0 Å². The number of hydrogen-bond donors (Lipinski definition) is 1. The van der Waals surface area contributed by atoms with Crippen molar-refractivity contribution in [2.45, 2.75) is 17.7 Å². The lowest BCUT2D eigenvalue weighted by atomic mass is 9.78. The molecule has 0 atom stereocenters. The molecular formula is C19H27N3O6S. The van der Waals surface area contributed by atoms with E-state index in [0.717, 1.165) is 0 Å². The van der Waals surface area contributed by atoms with Crippen LogP contribution in [0.1, 0.15) is 12.8 Å². The second-order valence-electron chi connectivity index (χ2n) is 7.50. The molecule has 3 rings (SSSR count). The van der Waals surface area contributed by atoms with Crippen LogP contribution in [0.5, 0.6) is 5.75 Å². The highest BCUT2D eigenvalue weighted by Gasteiger charge is 2.43. The molecule has 2 heterocycles. The molecule has 1 N–H and O–H groups in total. The van der Waals surface area contributed by atoms with Gasteiger partial charge in [0.15, 0.2) is 0 Å². The van der Waals surface area contributed by atoms with Crippen molar-refractivity contribution in [1.82, 2.24) is 14.5 Å². The van der Waals surface area contributed by atoms with Crippen LogP contribution in [0, 0.1) is 5.41 Å². The summed E-state index contributed by atoms with van der Waals surface area (Å²) in [5, 5.41) is 2.49. The Hall–Kier alpha value is -2.17. The lowest BCUT2D eigenvalue weighted by Crippen LogP contribution is -2.54. The number of hydrogen-bond acceptors (Lipinski definition) is 6. The van der Waals surface area contributed by atoms with E-state index in [4.69, 9.17) is 9.47 Å². The van der Waals surface area contributed by atoms with Crippen LogP contribution in [0.15, 0.2) is 29.2 Å². The zero-order valence-corrected chi connectivity index (χ0v) is 17.5. The predicted molar refractivity (Wildman–Crippen MR) is 105 cm³/mol. The van der Waals surface area contributed by atoms with Crippen LogP contribution in [0.2, 0.25) is 0 Å². The van der Waals surface area contributed by atoms with Crippen LogP contribution < -0.4 is 10.1 Å². The topological polar surface area (TPSA) is 105 Å². The van der Waals surface area contributed by atoms with Gasteiger partial charge in [-0.15, -0.1) is 0 Å². The van der Waals surface area contributed by atoms with Crippen molar-refractivity contribution >= 4 is 21.8 Å². The van der Waals surface area contributed by atoms with E-state index in [9.17, 15) is 18.0 Å². The summed E-state index contributed by atoms with van der Waals surface area (Å²) in [7, 11) is -0.960. The lowest BCUT2D eigenvalue weighted by Gasteiger charge is -2.44. The number of amides is 2. The Morgan fingerprint density at radius 1 is 1.24 bits per heavy atom. The third-order valence-electron chi connectivity index (χ3n) is 5.56. The van der Waals surface area contributed by atoms with Gasteiger partial charge in [0.05, 0.1) is 13.2 Å². The zero-order chi connectivity index (χ0) is 21.1. The van der Waals surface area contributed by atoms with Crippen LogP contribution in [-0.2, 0) is 24.3 Å². The largest absolute Gasteiger partial charge is 0.492 e. The first-order valence-electron chi connectivity index (χ1n) is 9.51. The molecule has 0 aliphatic carbocycles. The average molecular weight is 426 g/mol. The molecule has 1 aromatic rings. The van der Waals surface area contributed by atoms with Gasteiger partial charge in [-0.25, -0.2) is 8.42 Å². The Labute approximate surface area is 171 Å². The quantitative estimate of drug-likeness (QED) is 0.732. The van der Waals surface area contributed by atoms with E-state index in [1.807, 2.05) is 0 Å². The number of para-hydroxylation sites is 1. The number of fused-ring (bicyclic) bond motifs is 1. The average Bonchev–Trinajstić information content (AvgIpc) is 2.72. The summed E-state index contributed by atoms with van der Waals surface area (Å²) in [6, 6.07) is 6.47. The number of likely N-dealkylation sites (tertiary alicyclic amines) is 1. The summed E-state index contributed by atoms with van der Waals surface area (Å²) in [5.41, 5.74) is -0.488. The molecule has 1 aromatic carbocycles. The molecule has 0 saturated carbocycles. The monoisotopic (exact) mass is 425 g/mol. The molecule has 0 radical (unpaired) electrons. The fourth-order valence-corrected chi connectivity index (χ4v) is 5.43. The molecule has 160 valence electrons. The van der Waals surface area contributed by atoms with Crippen LogP contribution in [0.4, 0.5) is 0 Å². The van der Waals surface area contributed by atoms with Crippen molar-refractivity contribution in [2.75, 3.05) is 53.6 Å². The highest BCUT2D eigenvalue weighted by molar-refractivity contribution is 7.89. The third-order valence-corrected chi connectivity index (χ3v) is 7.39. The highest BCUT2D eigenvalue weighted by Crippen LogP contribution is 2.39. The van der Waals surface area contributed by atoms with E-state index < -0.39 is 15.4 Å². The van der Waals surface area contributed by atoms with Gasteiger partial charge in [-0.1, -0.05) is 12.1 Å². The first-order chi connectivity index (χ1) is 13.8. The molecule has 2 amide bonds. The number of nitrogens with zero attached hydrogens (tertiary/aromatic N) is 2. The summed E-state index contributed by atoms with van der Waals surface area (Å²) in [6.45, 7) is 1.21. The number of ether oxygens (including phenoxy) is 2. The predicted octanol–water partition coefficient (Wildman–Crippen LogP) is 0.0709. The van der Waals surface area contributed by atoms with E-state index in [2.05, 4.69) is 5.32 Å². The van der Waals surface area contributed by atoms with Crippen molar-refractivity contribution in [3.8, 4) is 5.75 Å². The molecule has 2 aliphatic heterocycles. The molecule has 1 fully saturated rings. The SMILES string of the molecule is CNC(=O)CN1CC2(CCN(C(=O)COC)CC2)COc2ccccc2S1(=O)=O. The van der Waals surface area contributed by atoms with E-state index in [1.54, 1.807) is 23.1 Å². The second kappa shape index (κ2) is 8.68. The van der Waals surface area contributed by atoms with Gasteiger partial charge >= 0.3 is 0 Å². The number of rotatable bonds is 4. The number of sulfonamides is 1. The molecule has 10 heteroatoms. The zero-order valence-electron chi connectivity index (χ0n) is 16.7. The molecular weight excluding hydrogens is 398 g/mol. The summed E-state index contributed by atoms with van der Waals surface area (Å²) >= 11 is 0. The van der Waals surface area contributed by atoms with Crippen molar-refractivity contribution in [2.24, 2.45) is 5.41 Å². The highest BCUT2D eigenvalue weighted by atomic mass is 32.2. The maximum Gasteiger partial charge on any atom is 0.248 e.